The average Bonchev–Trinajstić information content (AvgIpc) is 2.91. The van der Waals surface area contributed by atoms with E-state index in [1.54, 1.807) is 7.05 Å². The summed E-state index contributed by atoms with van der Waals surface area (Å²) in [4.78, 5) is 8.89. The van der Waals surface area contributed by atoms with Crippen molar-refractivity contribution in [2.75, 3.05) is 7.05 Å². The molecular weight excluding hydrogens is 463 g/mol. The molecule has 0 aliphatic rings. The molecule has 2 aromatic heterocycles. The van der Waals surface area contributed by atoms with Crippen LogP contribution in [0.3, 0.4) is 0 Å². The monoisotopic (exact) mass is 492 g/mol. The van der Waals surface area contributed by atoms with Crippen molar-refractivity contribution in [3.8, 4) is 0 Å². The molecule has 28 heavy (non-hydrogen) atoms. The summed E-state index contributed by atoms with van der Waals surface area (Å²) in [5, 5.41) is 13.7. The summed E-state index contributed by atoms with van der Waals surface area (Å²) >= 11 is 0. The molecule has 1 unspecified atom stereocenters. The third kappa shape index (κ3) is 5.01. The van der Waals surface area contributed by atoms with Crippen LogP contribution < -0.4 is 10.6 Å². The molecule has 2 N–H and O–H groups in total. The topological polar surface area (TPSA) is 67.1 Å². The molecule has 0 saturated heterocycles. The number of pyridine rings is 1. The van der Waals surface area contributed by atoms with Crippen LogP contribution in [0.25, 0.3) is 10.8 Å². The van der Waals surface area contributed by atoms with Gasteiger partial charge >= 0.3 is 0 Å². The van der Waals surface area contributed by atoms with Crippen LogP contribution in [0.2, 0.25) is 0 Å². The van der Waals surface area contributed by atoms with Crippen LogP contribution in [0.15, 0.2) is 41.5 Å². The van der Waals surface area contributed by atoms with E-state index in [0.717, 1.165) is 29.2 Å². The number of aromatic nitrogens is 3. The molecule has 0 amide bonds. The van der Waals surface area contributed by atoms with Gasteiger partial charge in [-0.1, -0.05) is 24.3 Å². The van der Waals surface area contributed by atoms with E-state index in [1.165, 1.54) is 16.6 Å². The zero-order chi connectivity index (χ0) is 19.4. The van der Waals surface area contributed by atoms with E-state index in [1.807, 2.05) is 36.1 Å². The molecule has 0 fully saturated rings. The van der Waals surface area contributed by atoms with Crippen molar-refractivity contribution in [3.05, 3.63) is 59.2 Å². The summed E-state index contributed by atoms with van der Waals surface area (Å²) in [5.74, 6) is 0.774. The highest BCUT2D eigenvalue weighted by atomic mass is 127. The van der Waals surface area contributed by atoms with Gasteiger partial charge in [0.2, 0.25) is 0 Å². The fourth-order valence-corrected chi connectivity index (χ4v) is 3.39. The van der Waals surface area contributed by atoms with Gasteiger partial charge in [0.05, 0.1) is 17.9 Å². The lowest BCUT2D eigenvalue weighted by molar-refractivity contribution is 0.634. The Hall–Kier alpha value is -2.16. The number of aliphatic imine (C=N–C) groups is 1. The van der Waals surface area contributed by atoms with E-state index < -0.39 is 0 Å². The fourth-order valence-electron chi connectivity index (χ4n) is 3.39. The molecule has 0 spiro atoms. The Bertz CT molecular complexity index is 957. The number of hydrogen-bond donors (Lipinski definition) is 2. The van der Waals surface area contributed by atoms with Crippen molar-refractivity contribution in [3.63, 3.8) is 0 Å². The number of aryl methyl sites for hydroxylation is 2. The molecule has 1 aromatic carbocycles. The van der Waals surface area contributed by atoms with Crippen molar-refractivity contribution in [1.82, 2.24) is 25.4 Å². The molecule has 7 heteroatoms. The van der Waals surface area contributed by atoms with E-state index in [-0.39, 0.29) is 30.0 Å². The predicted molar refractivity (Wildman–Crippen MR) is 126 cm³/mol. The van der Waals surface area contributed by atoms with Crippen LogP contribution in [-0.4, -0.2) is 33.8 Å². The zero-order valence-electron chi connectivity index (χ0n) is 17.2. The van der Waals surface area contributed by atoms with Gasteiger partial charge in [-0.3, -0.25) is 14.7 Å². The third-order valence-electron chi connectivity index (χ3n) is 4.96. The van der Waals surface area contributed by atoms with E-state index in [0.29, 0.717) is 6.54 Å². The quantitative estimate of drug-likeness (QED) is 0.325. The van der Waals surface area contributed by atoms with Gasteiger partial charge in [-0.2, -0.15) is 5.10 Å². The summed E-state index contributed by atoms with van der Waals surface area (Å²) in [6, 6.07) is 10.6. The maximum absolute atomic E-state index is 4.53. The molecule has 0 aliphatic heterocycles. The van der Waals surface area contributed by atoms with E-state index in [9.17, 15) is 0 Å². The Balaban J connectivity index is 0.00000280. The molecule has 0 bridgehead atoms. The molecule has 6 nitrogen and oxygen atoms in total. The molecule has 0 radical (unpaired) electrons. The van der Waals surface area contributed by atoms with Gasteiger partial charge in [0.25, 0.3) is 0 Å². The average molecular weight is 492 g/mol. The third-order valence-corrected chi connectivity index (χ3v) is 4.96. The van der Waals surface area contributed by atoms with Gasteiger partial charge in [0.1, 0.15) is 0 Å². The highest BCUT2D eigenvalue weighted by Gasteiger charge is 2.14. The minimum atomic E-state index is 0. The molecular formula is C21H29IN6. The zero-order valence-corrected chi connectivity index (χ0v) is 19.5. The van der Waals surface area contributed by atoms with Crippen LogP contribution in [0.4, 0.5) is 0 Å². The standard InChI is InChI=1S/C21H28N6.HI/c1-14(12-19-15(2)26-27(5)16(19)3)25-21(22-4)24-13-20-18-9-7-6-8-17(18)10-11-23-20;/h6-11,14H,12-13H2,1-5H3,(H2,22,24,25);1H. The molecule has 0 aliphatic carbocycles. The van der Waals surface area contributed by atoms with Crippen LogP contribution in [-0.2, 0) is 20.0 Å². The first kappa shape index (κ1) is 22.1. The number of rotatable bonds is 5. The number of nitrogens with one attached hydrogen (secondary N) is 2. The smallest absolute Gasteiger partial charge is 0.191 e. The van der Waals surface area contributed by atoms with Gasteiger partial charge in [0, 0.05) is 37.4 Å². The summed E-state index contributed by atoms with van der Waals surface area (Å²) in [5.41, 5.74) is 4.61. The Morgan fingerprint density at radius 3 is 2.64 bits per heavy atom. The summed E-state index contributed by atoms with van der Waals surface area (Å²) in [6.07, 6.45) is 2.75. The van der Waals surface area contributed by atoms with Gasteiger partial charge in [-0.25, -0.2) is 0 Å². The molecule has 3 rings (SSSR count). The van der Waals surface area contributed by atoms with Crippen molar-refractivity contribution >= 4 is 40.7 Å². The fraction of sp³-hybridized carbons (Fsp3) is 0.381. The first-order valence-corrected chi connectivity index (χ1v) is 9.28. The Morgan fingerprint density at radius 1 is 1.21 bits per heavy atom. The number of benzene rings is 1. The second-order valence-electron chi connectivity index (χ2n) is 6.93. The van der Waals surface area contributed by atoms with Gasteiger partial charge in [-0.05, 0) is 44.2 Å². The maximum atomic E-state index is 4.53. The minimum absolute atomic E-state index is 0. The Labute approximate surface area is 183 Å². The van der Waals surface area contributed by atoms with Crippen molar-refractivity contribution in [2.24, 2.45) is 12.0 Å². The lowest BCUT2D eigenvalue weighted by Crippen LogP contribution is -2.43. The molecule has 0 saturated carbocycles. The van der Waals surface area contributed by atoms with E-state index >= 15 is 0 Å². The number of hydrogen-bond acceptors (Lipinski definition) is 3. The SMILES string of the molecule is CN=C(NCc1nccc2ccccc12)NC(C)Cc1c(C)nn(C)c1C.I. The van der Waals surface area contributed by atoms with E-state index in [4.69, 9.17) is 0 Å². The number of nitrogens with zero attached hydrogens (tertiary/aromatic N) is 4. The number of fused-ring (bicyclic) bond motifs is 1. The van der Waals surface area contributed by atoms with Gasteiger partial charge in [0.15, 0.2) is 5.96 Å². The van der Waals surface area contributed by atoms with Gasteiger partial charge < -0.3 is 10.6 Å². The van der Waals surface area contributed by atoms with Crippen LogP contribution in [0.1, 0.15) is 29.6 Å². The van der Waals surface area contributed by atoms with Crippen molar-refractivity contribution in [1.29, 1.82) is 0 Å². The van der Waals surface area contributed by atoms with Crippen LogP contribution in [0, 0.1) is 13.8 Å². The minimum Gasteiger partial charge on any atom is -0.354 e. The van der Waals surface area contributed by atoms with Crippen molar-refractivity contribution < 1.29 is 0 Å². The molecule has 3 aromatic rings. The second kappa shape index (κ2) is 9.86. The molecule has 2 heterocycles. The van der Waals surface area contributed by atoms with Crippen molar-refractivity contribution in [2.45, 2.75) is 39.8 Å². The highest BCUT2D eigenvalue weighted by molar-refractivity contribution is 14.0. The summed E-state index contributed by atoms with van der Waals surface area (Å²) in [7, 11) is 3.78. The maximum Gasteiger partial charge on any atom is 0.191 e. The first-order chi connectivity index (χ1) is 13.0. The van der Waals surface area contributed by atoms with Gasteiger partial charge in [-0.15, -0.1) is 24.0 Å². The summed E-state index contributed by atoms with van der Waals surface area (Å²) < 4.78 is 1.94. The Morgan fingerprint density at radius 2 is 1.96 bits per heavy atom. The Kier molecular flexibility index (Phi) is 7.79. The normalized spacial score (nSPS) is 12.5. The largest absolute Gasteiger partial charge is 0.354 e. The predicted octanol–water partition coefficient (Wildman–Crippen LogP) is 3.50. The van der Waals surface area contributed by atoms with Crippen LogP contribution in [0.5, 0.6) is 0 Å². The summed E-state index contributed by atoms with van der Waals surface area (Å²) in [6.45, 7) is 6.96. The number of halogens is 1. The first-order valence-electron chi connectivity index (χ1n) is 9.28. The lowest BCUT2D eigenvalue weighted by Gasteiger charge is -2.18. The second-order valence-corrected chi connectivity index (χ2v) is 6.93. The highest BCUT2D eigenvalue weighted by Crippen LogP contribution is 2.16. The molecule has 1 atom stereocenters. The van der Waals surface area contributed by atoms with Crippen LogP contribution >= 0.6 is 24.0 Å². The lowest BCUT2D eigenvalue weighted by atomic mass is 10.1. The molecule has 150 valence electrons. The number of guanidine groups is 1. The van der Waals surface area contributed by atoms with E-state index in [2.05, 4.69) is 58.6 Å².